The van der Waals surface area contributed by atoms with E-state index in [1.54, 1.807) is 24.3 Å². The number of aliphatic hydroxyl groups excluding tert-OH is 1. The van der Waals surface area contributed by atoms with Crippen molar-refractivity contribution in [2.45, 2.75) is 11.4 Å². The SMILES string of the molecule is O=C1SC(=Cc2ccc(SCCO)c([N+](=O)[O-])c2)C(=O)N1Cc1cc2c(cc1Cl)OCO2. The predicted octanol–water partition coefficient (Wildman–Crippen LogP) is 4.30. The summed E-state index contributed by atoms with van der Waals surface area (Å²) in [6.45, 7) is -0.0820. The fourth-order valence-corrected chi connectivity index (χ4v) is 4.89. The third-order valence-electron chi connectivity index (χ3n) is 4.57. The van der Waals surface area contributed by atoms with Crippen LogP contribution in [-0.2, 0) is 11.3 Å². The molecule has 0 unspecified atom stereocenters. The number of nitro benzene ring substituents is 1. The maximum Gasteiger partial charge on any atom is 0.293 e. The van der Waals surface area contributed by atoms with Gasteiger partial charge in [-0.05, 0) is 41.1 Å². The van der Waals surface area contributed by atoms with E-state index in [1.807, 2.05) is 0 Å². The van der Waals surface area contributed by atoms with Crippen LogP contribution in [-0.4, -0.2) is 45.2 Å². The number of carbonyl (C=O) groups excluding carboxylic acids is 2. The van der Waals surface area contributed by atoms with Crippen molar-refractivity contribution >= 4 is 58.0 Å². The average Bonchev–Trinajstić information content (AvgIpc) is 3.31. The van der Waals surface area contributed by atoms with Gasteiger partial charge in [-0.2, -0.15) is 0 Å². The first kappa shape index (κ1) is 22.5. The Balaban J connectivity index is 1.56. The molecule has 2 amide bonds. The lowest BCUT2D eigenvalue weighted by molar-refractivity contribution is -0.387. The summed E-state index contributed by atoms with van der Waals surface area (Å²) in [5.41, 5.74) is 0.806. The number of aliphatic hydroxyl groups is 1. The molecule has 1 fully saturated rings. The molecule has 2 aromatic carbocycles. The minimum atomic E-state index is -0.523. The third kappa shape index (κ3) is 4.56. The van der Waals surface area contributed by atoms with Gasteiger partial charge in [0.25, 0.3) is 16.8 Å². The fourth-order valence-electron chi connectivity index (χ4n) is 3.08. The molecule has 2 aromatic rings. The van der Waals surface area contributed by atoms with E-state index in [-0.39, 0.29) is 30.5 Å². The minimum absolute atomic E-state index is 0.0473. The highest BCUT2D eigenvalue weighted by Crippen LogP contribution is 2.40. The number of hydrogen-bond acceptors (Lipinski definition) is 9. The third-order valence-corrected chi connectivity index (χ3v) is 6.87. The second-order valence-electron chi connectivity index (χ2n) is 6.62. The van der Waals surface area contributed by atoms with Gasteiger partial charge in [-0.25, -0.2) is 0 Å². The molecule has 0 spiro atoms. The highest BCUT2D eigenvalue weighted by molar-refractivity contribution is 8.18. The van der Waals surface area contributed by atoms with E-state index < -0.39 is 16.1 Å². The van der Waals surface area contributed by atoms with Crippen molar-refractivity contribution in [2.24, 2.45) is 0 Å². The van der Waals surface area contributed by atoms with Gasteiger partial charge in [0.2, 0.25) is 6.79 Å². The number of nitro groups is 1. The van der Waals surface area contributed by atoms with E-state index in [0.29, 0.717) is 38.3 Å². The molecule has 2 aliphatic rings. The van der Waals surface area contributed by atoms with Crippen molar-refractivity contribution in [2.75, 3.05) is 19.2 Å². The van der Waals surface area contributed by atoms with E-state index in [4.69, 9.17) is 26.2 Å². The topological polar surface area (TPSA) is 119 Å². The Labute approximate surface area is 195 Å². The summed E-state index contributed by atoms with van der Waals surface area (Å²) in [6, 6.07) is 7.71. The number of hydrogen-bond donors (Lipinski definition) is 1. The lowest BCUT2D eigenvalue weighted by atomic mass is 10.1. The normalized spacial score (nSPS) is 16.3. The number of imide groups is 1. The quantitative estimate of drug-likeness (QED) is 0.260. The van der Waals surface area contributed by atoms with Crippen LogP contribution in [0.4, 0.5) is 10.5 Å². The maximum absolute atomic E-state index is 12.8. The Hall–Kier alpha value is -2.73. The van der Waals surface area contributed by atoms with Gasteiger partial charge in [-0.3, -0.25) is 24.6 Å². The predicted molar refractivity (Wildman–Crippen MR) is 120 cm³/mol. The average molecular weight is 495 g/mol. The molecule has 0 radical (unpaired) electrons. The molecule has 0 atom stereocenters. The van der Waals surface area contributed by atoms with Gasteiger partial charge in [-0.15, -0.1) is 11.8 Å². The second kappa shape index (κ2) is 9.41. The molecule has 4 rings (SSSR count). The molecule has 0 bridgehead atoms. The number of carbonyl (C=O) groups is 2. The molecule has 1 saturated heterocycles. The summed E-state index contributed by atoms with van der Waals surface area (Å²) in [5.74, 6) is 0.782. The number of fused-ring (bicyclic) bond motifs is 1. The number of halogens is 1. The molecular formula is C20H15ClN2O7S2. The number of ether oxygens (including phenoxy) is 2. The Kier molecular flexibility index (Phi) is 6.60. The zero-order chi connectivity index (χ0) is 22.8. The first-order valence-electron chi connectivity index (χ1n) is 9.23. The van der Waals surface area contributed by atoms with Crippen LogP contribution in [0.3, 0.4) is 0 Å². The van der Waals surface area contributed by atoms with Gasteiger partial charge >= 0.3 is 0 Å². The molecule has 9 nitrogen and oxygen atoms in total. The monoisotopic (exact) mass is 494 g/mol. The molecule has 12 heteroatoms. The lowest BCUT2D eigenvalue weighted by Gasteiger charge is -2.14. The molecule has 0 aromatic heterocycles. The Bertz CT molecular complexity index is 1160. The summed E-state index contributed by atoms with van der Waals surface area (Å²) in [6.07, 6.45) is 1.44. The van der Waals surface area contributed by atoms with Crippen molar-refractivity contribution in [3.63, 3.8) is 0 Å². The number of amides is 2. The number of benzene rings is 2. The van der Waals surface area contributed by atoms with Crippen LogP contribution in [0, 0.1) is 10.1 Å². The largest absolute Gasteiger partial charge is 0.454 e. The van der Waals surface area contributed by atoms with Crippen molar-refractivity contribution in [3.05, 3.63) is 61.5 Å². The van der Waals surface area contributed by atoms with Crippen molar-refractivity contribution < 1.29 is 29.1 Å². The van der Waals surface area contributed by atoms with Gasteiger partial charge in [0.05, 0.1) is 27.9 Å². The standard InChI is InChI=1S/C20H15ClN2O7S2/c21-13-8-16-15(29-10-30-16)7-12(13)9-22-19(25)18(32-20(22)26)6-11-1-2-17(31-4-3-24)14(5-11)23(27)28/h1-2,5-8,24H,3-4,9-10H2. The first-order valence-corrected chi connectivity index (χ1v) is 11.4. The van der Waals surface area contributed by atoms with Gasteiger partial charge < -0.3 is 14.6 Å². The molecule has 166 valence electrons. The smallest absolute Gasteiger partial charge is 0.293 e. The van der Waals surface area contributed by atoms with E-state index >= 15 is 0 Å². The van der Waals surface area contributed by atoms with E-state index in [2.05, 4.69) is 0 Å². The molecule has 0 aliphatic carbocycles. The van der Waals surface area contributed by atoms with Crippen LogP contribution in [0.1, 0.15) is 11.1 Å². The van der Waals surface area contributed by atoms with Crippen LogP contribution < -0.4 is 9.47 Å². The van der Waals surface area contributed by atoms with Crippen molar-refractivity contribution in [1.82, 2.24) is 4.90 Å². The van der Waals surface area contributed by atoms with Gasteiger partial charge in [0.1, 0.15) is 0 Å². The van der Waals surface area contributed by atoms with Crippen LogP contribution in [0.25, 0.3) is 6.08 Å². The summed E-state index contributed by atoms with van der Waals surface area (Å²) < 4.78 is 10.6. The van der Waals surface area contributed by atoms with E-state index in [0.717, 1.165) is 28.4 Å². The molecular weight excluding hydrogens is 480 g/mol. The van der Waals surface area contributed by atoms with Crippen LogP contribution in [0.5, 0.6) is 11.5 Å². The summed E-state index contributed by atoms with van der Waals surface area (Å²) >= 11 is 8.17. The Morgan fingerprint density at radius 1 is 1.25 bits per heavy atom. The van der Waals surface area contributed by atoms with Crippen LogP contribution >= 0.6 is 35.1 Å². The Morgan fingerprint density at radius 2 is 2.00 bits per heavy atom. The Morgan fingerprint density at radius 3 is 2.72 bits per heavy atom. The van der Waals surface area contributed by atoms with Gasteiger partial charge in [-0.1, -0.05) is 17.7 Å². The maximum atomic E-state index is 12.8. The number of thioether (sulfide) groups is 2. The van der Waals surface area contributed by atoms with Crippen molar-refractivity contribution in [1.29, 1.82) is 0 Å². The fraction of sp³-hybridized carbons (Fsp3) is 0.200. The molecule has 1 N–H and O–H groups in total. The molecule has 2 heterocycles. The number of rotatable bonds is 7. The number of nitrogens with zero attached hydrogens (tertiary/aromatic N) is 2. The minimum Gasteiger partial charge on any atom is -0.454 e. The van der Waals surface area contributed by atoms with E-state index in [9.17, 15) is 19.7 Å². The lowest BCUT2D eigenvalue weighted by Crippen LogP contribution is -2.27. The van der Waals surface area contributed by atoms with Crippen LogP contribution in [0.2, 0.25) is 5.02 Å². The highest BCUT2D eigenvalue weighted by atomic mass is 35.5. The second-order valence-corrected chi connectivity index (χ2v) is 9.16. The zero-order valence-corrected chi connectivity index (χ0v) is 18.7. The van der Waals surface area contributed by atoms with Gasteiger partial charge in [0, 0.05) is 22.9 Å². The van der Waals surface area contributed by atoms with Crippen molar-refractivity contribution in [3.8, 4) is 11.5 Å². The molecule has 0 saturated carbocycles. The van der Waals surface area contributed by atoms with E-state index in [1.165, 1.54) is 12.1 Å². The zero-order valence-electron chi connectivity index (χ0n) is 16.3. The molecule has 32 heavy (non-hydrogen) atoms. The summed E-state index contributed by atoms with van der Waals surface area (Å²) in [7, 11) is 0. The summed E-state index contributed by atoms with van der Waals surface area (Å²) in [5, 5.41) is 20.2. The first-order chi connectivity index (χ1) is 15.4. The summed E-state index contributed by atoms with van der Waals surface area (Å²) in [4.78, 5) is 37.8. The highest BCUT2D eigenvalue weighted by Gasteiger charge is 2.36. The van der Waals surface area contributed by atoms with Gasteiger partial charge in [0.15, 0.2) is 11.5 Å². The van der Waals surface area contributed by atoms with Crippen LogP contribution in [0.15, 0.2) is 40.1 Å². The molecule has 2 aliphatic heterocycles.